The number of carbonyl (C=O) groups is 2. The first kappa shape index (κ1) is 8.70. The van der Waals surface area contributed by atoms with Gasteiger partial charge in [-0.05, 0) is 11.8 Å². The largest absolute Gasteiger partial charge is 0.369 e. The van der Waals surface area contributed by atoms with E-state index in [4.69, 9.17) is 9.47 Å². The van der Waals surface area contributed by atoms with Crippen LogP contribution in [0, 0.1) is 0 Å². The van der Waals surface area contributed by atoms with Gasteiger partial charge >= 0.3 is 0 Å². The molecule has 1 heterocycles. The fourth-order valence-electron chi connectivity index (χ4n) is 0.902. The van der Waals surface area contributed by atoms with Crippen LogP contribution >= 0.6 is 11.8 Å². The fraction of sp³-hybridized carbons (Fsp3) is 0.667. The third kappa shape index (κ3) is 1.45. The van der Waals surface area contributed by atoms with E-state index in [0.29, 0.717) is 11.8 Å². The molecular weight excluding hydrogens is 168 g/mol. The predicted molar refractivity (Wildman–Crippen MR) is 39.2 cm³/mol. The first-order valence-corrected chi connectivity index (χ1v) is 3.83. The van der Waals surface area contributed by atoms with Gasteiger partial charge in [-0.2, -0.15) is 0 Å². The Kier molecular flexibility index (Phi) is 2.64. The van der Waals surface area contributed by atoms with Crippen molar-refractivity contribution in [1.82, 2.24) is 0 Å². The molecule has 0 aromatic carbocycles. The van der Waals surface area contributed by atoms with Crippen LogP contribution in [0.15, 0.2) is 0 Å². The van der Waals surface area contributed by atoms with Gasteiger partial charge in [0.05, 0.1) is 0 Å². The van der Waals surface area contributed by atoms with Crippen molar-refractivity contribution in [3.8, 4) is 0 Å². The van der Waals surface area contributed by atoms with Crippen molar-refractivity contribution in [1.29, 1.82) is 0 Å². The average molecular weight is 176 g/mol. The number of hydrogen-bond acceptors (Lipinski definition) is 5. The molecule has 1 saturated heterocycles. The maximum absolute atomic E-state index is 10.9. The standard InChI is InChI=1S/C6H8O4S/c1-9-3-4(10-2)6(8)11-5(3)7/h3-4H,1-2H3/t3-,4+. The van der Waals surface area contributed by atoms with Gasteiger partial charge < -0.3 is 9.47 Å². The summed E-state index contributed by atoms with van der Waals surface area (Å²) in [4.78, 5) is 21.8. The van der Waals surface area contributed by atoms with Crippen LogP contribution in [0.1, 0.15) is 0 Å². The summed E-state index contributed by atoms with van der Waals surface area (Å²) < 4.78 is 9.56. The van der Waals surface area contributed by atoms with Gasteiger partial charge in [0.15, 0.2) is 12.2 Å². The predicted octanol–water partition coefficient (Wildman–Crippen LogP) is -0.184. The molecular formula is C6H8O4S. The van der Waals surface area contributed by atoms with Gasteiger partial charge in [0.1, 0.15) is 0 Å². The monoisotopic (exact) mass is 176 g/mol. The van der Waals surface area contributed by atoms with E-state index in [2.05, 4.69) is 0 Å². The fourth-order valence-corrected chi connectivity index (χ4v) is 1.77. The minimum Gasteiger partial charge on any atom is -0.369 e. The highest BCUT2D eigenvalue weighted by atomic mass is 32.2. The van der Waals surface area contributed by atoms with Crippen molar-refractivity contribution in [3.63, 3.8) is 0 Å². The minimum atomic E-state index is -0.725. The zero-order chi connectivity index (χ0) is 8.43. The summed E-state index contributed by atoms with van der Waals surface area (Å²) in [5.74, 6) is 0. The summed E-state index contributed by atoms with van der Waals surface area (Å²) in [6.45, 7) is 0. The van der Waals surface area contributed by atoms with E-state index >= 15 is 0 Å². The van der Waals surface area contributed by atoms with Gasteiger partial charge in [-0.1, -0.05) is 0 Å². The summed E-state index contributed by atoms with van der Waals surface area (Å²) in [5.41, 5.74) is 0. The summed E-state index contributed by atoms with van der Waals surface area (Å²) >= 11 is 0.658. The smallest absolute Gasteiger partial charge is 0.228 e. The third-order valence-corrected chi connectivity index (χ3v) is 2.32. The van der Waals surface area contributed by atoms with Gasteiger partial charge in [0.25, 0.3) is 0 Å². The van der Waals surface area contributed by atoms with Crippen LogP contribution in [-0.2, 0) is 19.1 Å². The molecule has 0 aromatic heterocycles. The number of hydrogen-bond donors (Lipinski definition) is 0. The first-order valence-electron chi connectivity index (χ1n) is 3.02. The highest BCUT2D eigenvalue weighted by molar-refractivity contribution is 8.27. The van der Waals surface area contributed by atoms with Crippen LogP contribution in [0.2, 0.25) is 0 Å². The molecule has 4 nitrogen and oxygen atoms in total. The summed E-state index contributed by atoms with van der Waals surface area (Å²) in [5, 5.41) is -0.547. The second kappa shape index (κ2) is 3.34. The molecule has 0 aromatic rings. The second-order valence-electron chi connectivity index (χ2n) is 2.05. The van der Waals surface area contributed by atoms with Crippen LogP contribution in [0.25, 0.3) is 0 Å². The molecule has 0 radical (unpaired) electrons. The molecule has 1 fully saturated rings. The summed E-state index contributed by atoms with van der Waals surface area (Å²) in [6, 6.07) is 0. The van der Waals surface area contributed by atoms with Crippen LogP contribution in [0.4, 0.5) is 0 Å². The van der Waals surface area contributed by atoms with Gasteiger partial charge in [-0.3, -0.25) is 9.59 Å². The molecule has 1 rings (SSSR count). The van der Waals surface area contributed by atoms with Gasteiger partial charge in [0, 0.05) is 14.2 Å². The van der Waals surface area contributed by atoms with Gasteiger partial charge in [-0.15, -0.1) is 0 Å². The van der Waals surface area contributed by atoms with Crippen molar-refractivity contribution in [2.75, 3.05) is 14.2 Å². The van der Waals surface area contributed by atoms with Crippen LogP contribution in [-0.4, -0.2) is 36.7 Å². The summed E-state index contributed by atoms with van der Waals surface area (Å²) in [6.07, 6.45) is -1.45. The second-order valence-corrected chi connectivity index (χ2v) is 3.06. The van der Waals surface area contributed by atoms with Crippen LogP contribution < -0.4 is 0 Å². The molecule has 0 amide bonds. The lowest BCUT2D eigenvalue weighted by molar-refractivity contribution is -0.134. The number of methoxy groups -OCH3 is 2. The number of ether oxygens (including phenoxy) is 2. The SMILES string of the molecule is CO[C@@H]1C(=O)SC(=O)[C@@H]1OC. The van der Waals surface area contributed by atoms with Crippen molar-refractivity contribution in [2.45, 2.75) is 12.2 Å². The molecule has 0 spiro atoms. The highest BCUT2D eigenvalue weighted by Gasteiger charge is 2.43. The van der Waals surface area contributed by atoms with E-state index in [-0.39, 0.29) is 10.2 Å². The van der Waals surface area contributed by atoms with E-state index in [1.807, 2.05) is 0 Å². The Hall–Kier alpha value is -0.390. The summed E-state index contributed by atoms with van der Waals surface area (Å²) in [7, 11) is 2.77. The highest BCUT2D eigenvalue weighted by Crippen LogP contribution is 2.26. The topological polar surface area (TPSA) is 52.6 Å². The van der Waals surface area contributed by atoms with Crippen molar-refractivity contribution >= 4 is 22.0 Å². The molecule has 0 aliphatic carbocycles. The molecule has 0 unspecified atom stereocenters. The minimum absolute atomic E-state index is 0.274. The van der Waals surface area contributed by atoms with E-state index in [0.717, 1.165) is 0 Å². The van der Waals surface area contributed by atoms with E-state index in [1.54, 1.807) is 0 Å². The normalized spacial score (nSPS) is 31.5. The molecule has 11 heavy (non-hydrogen) atoms. The molecule has 62 valence electrons. The Bertz CT molecular complexity index is 171. The molecule has 1 aliphatic heterocycles. The van der Waals surface area contributed by atoms with E-state index in [9.17, 15) is 9.59 Å². The maximum Gasteiger partial charge on any atom is 0.228 e. The Morgan fingerprint density at radius 3 is 1.73 bits per heavy atom. The zero-order valence-corrected chi connectivity index (χ0v) is 7.01. The van der Waals surface area contributed by atoms with Gasteiger partial charge in [0.2, 0.25) is 10.2 Å². The van der Waals surface area contributed by atoms with Crippen LogP contribution in [0.5, 0.6) is 0 Å². The Morgan fingerprint density at radius 2 is 1.45 bits per heavy atom. The van der Waals surface area contributed by atoms with Crippen LogP contribution in [0.3, 0.4) is 0 Å². The van der Waals surface area contributed by atoms with E-state index < -0.39 is 12.2 Å². The Morgan fingerprint density at radius 1 is 1.09 bits per heavy atom. The first-order chi connectivity index (χ1) is 5.20. The Balaban J connectivity index is 2.74. The number of rotatable bonds is 2. The van der Waals surface area contributed by atoms with Crippen molar-refractivity contribution < 1.29 is 19.1 Å². The molecule has 5 heteroatoms. The lowest BCUT2D eigenvalue weighted by Gasteiger charge is -2.11. The van der Waals surface area contributed by atoms with Crippen molar-refractivity contribution in [2.24, 2.45) is 0 Å². The molecule has 1 aliphatic rings. The Labute approximate surface area is 68.2 Å². The average Bonchev–Trinajstić information content (AvgIpc) is 2.24. The molecule has 0 bridgehead atoms. The lowest BCUT2D eigenvalue weighted by atomic mass is 10.2. The zero-order valence-electron chi connectivity index (χ0n) is 6.20. The number of carbonyl (C=O) groups excluding carboxylic acids is 2. The third-order valence-electron chi connectivity index (χ3n) is 1.45. The number of thioether (sulfide) groups is 1. The lowest BCUT2D eigenvalue weighted by Crippen LogP contribution is -2.32. The van der Waals surface area contributed by atoms with Crippen molar-refractivity contribution in [3.05, 3.63) is 0 Å². The maximum atomic E-state index is 10.9. The molecule has 2 atom stereocenters. The molecule has 0 saturated carbocycles. The molecule has 0 N–H and O–H groups in total. The quantitative estimate of drug-likeness (QED) is 0.584. The van der Waals surface area contributed by atoms with E-state index in [1.165, 1.54) is 14.2 Å². The van der Waals surface area contributed by atoms with Gasteiger partial charge in [-0.25, -0.2) is 0 Å².